The molecule has 0 spiro atoms. The van der Waals surface area contributed by atoms with E-state index in [4.69, 9.17) is 4.89 Å². The van der Waals surface area contributed by atoms with Crippen LogP contribution in [-0.4, -0.2) is 10.8 Å². The van der Waals surface area contributed by atoms with E-state index in [9.17, 15) is 9.36 Å². The van der Waals surface area contributed by atoms with Gasteiger partial charge in [-0.1, -0.05) is 30.3 Å². The van der Waals surface area contributed by atoms with E-state index in [1.165, 1.54) is 6.92 Å². The van der Waals surface area contributed by atoms with Gasteiger partial charge in [0, 0.05) is 12.5 Å². The molecule has 2 N–H and O–H groups in total. The first-order valence-electron chi connectivity index (χ1n) is 4.08. The lowest BCUT2D eigenvalue weighted by molar-refractivity contribution is -0.119. The maximum atomic E-state index is 11.0. The summed E-state index contributed by atoms with van der Waals surface area (Å²) in [5.41, 5.74) is 0.631. The number of rotatable bonds is 3. The minimum absolute atomic E-state index is 0.323. The molecule has 1 aromatic rings. The topological polar surface area (TPSA) is 66.4 Å². The Morgan fingerprint density at radius 1 is 1.43 bits per heavy atom. The quantitative estimate of drug-likeness (QED) is 0.747. The molecule has 0 bridgehead atoms. The maximum Gasteiger partial charge on any atom is 0.535 e. The number of benzene rings is 1. The van der Waals surface area contributed by atoms with Gasteiger partial charge in [0.05, 0.1) is 0 Å². The van der Waals surface area contributed by atoms with Gasteiger partial charge in [0.2, 0.25) is 5.91 Å². The van der Waals surface area contributed by atoms with E-state index >= 15 is 0 Å². The highest BCUT2D eigenvalue weighted by molar-refractivity contribution is 7.38. The second kappa shape index (κ2) is 4.84. The van der Waals surface area contributed by atoms with E-state index in [-0.39, 0.29) is 5.91 Å². The molecule has 14 heavy (non-hydrogen) atoms. The molecule has 0 aliphatic carbocycles. The first-order valence-corrected chi connectivity index (χ1v) is 5.36. The van der Waals surface area contributed by atoms with Gasteiger partial charge in [-0.2, -0.15) is 4.89 Å². The van der Waals surface area contributed by atoms with E-state index in [2.05, 4.69) is 5.32 Å². The zero-order valence-electron chi connectivity index (χ0n) is 7.68. The number of hydrogen-bond donors (Lipinski definition) is 2. The summed E-state index contributed by atoms with van der Waals surface area (Å²) in [7, 11) is -2.45. The molecule has 0 saturated carbocycles. The fourth-order valence-electron chi connectivity index (χ4n) is 1.09. The number of amides is 1. The van der Waals surface area contributed by atoms with Gasteiger partial charge in [0.25, 0.3) is 5.78 Å². The monoisotopic (exact) mass is 212 g/mol. The fraction of sp³-hybridized carbons (Fsp3) is 0.222. The molecule has 2 unspecified atom stereocenters. The first-order chi connectivity index (χ1) is 6.61. The van der Waals surface area contributed by atoms with Crippen LogP contribution in [-0.2, 0) is 9.36 Å². The van der Waals surface area contributed by atoms with Crippen LogP contribution in [0.5, 0.6) is 0 Å². The molecule has 0 saturated heterocycles. The number of carbonyl (C=O) groups excluding carboxylic acids is 1. The average Bonchev–Trinajstić information content (AvgIpc) is 2.15. The third-order valence-corrected chi connectivity index (χ3v) is 2.55. The van der Waals surface area contributed by atoms with E-state index in [0.29, 0.717) is 5.56 Å². The van der Waals surface area contributed by atoms with Crippen molar-refractivity contribution in [3.8, 4) is 0 Å². The zero-order chi connectivity index (χ0) is 10.6. The van der Waals surface area contributed by atoms with Gasteiger partial charge in [-0.15, -0.1) is 0 Å². The summed E-state index contributed by atoms with van der Waals surface area (Å²) >= 11 is 0. The molecule has 1 rings (SSSR count). The third kappa shape index (κ3) is 2.91. The Balaban J connectivity index is 2.89. The van der Waals surface area contributed by atoms with Crippen LogP contribution in [0, 0.1) is 0 Å². The molecule has 0 radical (unpaired) electrons. The van der Waals surface area contributed by atoms with E-state index in [1.807, 2.05) is 0 Å². The van der Waals surface area contributed by atoms with Crippen molar-refractivity contribution in [3.63, 3.8) is 0 Å². The molecule has 0 aromatic heterocycles. The molecular weight excluding hydrogens is 201 g/mol. The summed E-state index contributed by atoms with van der Waals surface area (Å²) in [5, 5.41) is 2.42. The molecule has 74 valence electrons. The summed E-state index contributed by atoms with van der Waals surface area (Å²) in [4.78, 5) is 19.8. The lowest BCUT2D eigenvalue weighted by Crippen LogP contribution is -2.23. The van der Waals surface area contributed by atoms with E-state index < -0.39 is 13.8 Å². The molecule has 0 aliphatic rings. The number of nitrogens with one attached hydrogen (secondary N) is 1. The van der Waals surface area contributed by atoms with Crippen LogP contribution in [0.3, 0.4) is 0 Å². The second-order valence-electron chi connectivity index (χ2n) is 2.82. The molecule has 0 fully saturated rings. The molecule has 1 amide bonds. The van der Waals surface area contributed by atoms with Crippen LogP contribution >= 0.6 is 8.03 Å². The minimum Gasteiger partial charge on any atom is -0.307 e. The lowest BCUT2D eigenvalue weighted by Gasteiger charge is -2.05. The second-order valence-corrected chi connectivity index (χ2v) is 3.94. The Kier molecular flexibility index (Phi) is 3.74. The summed E-state index contributed by atoms with van der Waals surface area (Å²) in [6, 6.07) is 8.71. The standard InChI is InChI=1S/C9H10NO3P/c1-7(11)10-9(14(12)13)8-5-3-2-4-6-8/h2-6,9H,1H3,(H-,10,11,12,13)/p+1. The highest BCUT2D eigenvalue weighted by atomic mass is 31.1. The largest absolute Gasteiger partial charge is 0.535 e. The summed E-state index contributed by atoms with van der Waals surface area (Å²) in [6.45, 7) is 1.31. The van der Waals surface area contributed by atoms with Crippen molar-refractivity contribution in [1.82, 2.24) is 5.32 Å². The van der Waals surface area contributed by atoms with Crippen molar-refractivity contribution in [2.45, 2.75) is 12.7 Å². The Labute approximate surface area is 82.8 Å². The minimum atomic E-state index is -2.45. The molecule has 0 heterocycles. The third-order valence-electron chi connectivity index (χ3n) is 1.68. The molecular formula is C9H11NO3P+. The fourth-order valence-corrected chi connectivity index (χ4v) is 1.81. The molecule has 1 aromatic carbocycles. The first kappa shape index (κ1) is 10.8. The Morgan fingerprint density at radius 2 is 2.00 bits per heavy atom. The van der Waals surface area contributed by atoms with Gasteiger partial charge in [-0.05, 0) is 4.57 Å². The molecule has 0 aliphatic heterocycles. The van der Waals surface area contributed by atoms with Crippen LogP contribution < -0.4 is 5.32 Å². The summed E-state index contributed by atoms with van der Waals surface area (Å²) in [5.74, 6) is -1.14. The van der Waals surface area contributed by atoms with Gasteiger partial charge in [0.1, 0.15) is 0 Å². The van der Waals surface area contributed by atoms with Crippen molar-refractivity contribution in [2.75, 3.05) is 0 Å². The van der Waals surface area contributed by atoms with Crippen molar-refractivity contribution in [3.05, 3.63) is 35.9 Å². The van der Waals surface area contributed by atoms with Gasteiger partial charge < -0.3 is 5.32 Å². The molecule has 5 heteroatoms. The normalized spacial score (nSPS) is 13.1. The average molecular weight is 212 g/mol. The van der Waals surface area contributed by atoms with Gasteiger partial charge in [-0.25, -0.2) is 0 Å². The van der Waals surface area contributed by atoms with Crippen LogP contribution in [0.4, 0.5) is 0 Å². The number of hydrogen-bond acceptors (Lipinski definition) is 2. The van der Waals surface area contributed by atoms with Gasteiger partial charge in [0.15, 0.2) is 0 Å². The predicted molar refractivity (Wildman–Crippen MR) is 52.8 cm³/mol. The summed E-state index contributed by atoms with van der Waals surface area (Å²) in [6.07, 6.45) is 0. The summed E-state index contributed by atoms with van der Waals surface area (Å²) < 4.78 is 11.0. The van der Waals surface area contributed by atoms with Crippen LogP contribution in [0.25, 0.3) is 0 Å². The van der Waals surface area contributed by atoms with Crippen molar-refractivity contribution >= 4 is 13.9 Å². The predicted octanol–water partition coefficient (Wildman–Crippen LogP) is 1.56. The Hall–Kier alpha value is -1.25. The Bertz CT molecular complexity index is 339. The smallest absolute Gasteiger partial charge is 0.307 e. The van der Waals surface area contributed by atoms with Crippen molar-refractivity contribution in [2.24, 2.45) is 0 Å². The highest BCUT2D eigenvalue weighted by Crippen LogP contribution is 2.34. The molecule has 4 nitrogen and oxygen atoms in total. The van der Waals surface area contributed by atoms with Crippen molar-refractivity contribution in [1.29, 1.82) is 0 Å². The Morgan fingerprint density at radius 3 is 2.43 bits per heavy atom. The lowest BCUT2D eigenvalue weighted by atomic mass is 10.2. The van der Waals surface area contributed by atoms with E-state index in [1.54, 1.807) is 30.3 Å². The number of carbonyl (C=O) groups is 1. The van der Waals surface area contributed by atoms with Crippen molar-refractivity contribution < 1.29 is 14.3 Å². The maximum absolute atomic E-state index is 11.0. The van der Waals surface area contributed by atoms with Crippen LogP contribution in [0.2, 0.25) is 0 Å². The van der Waals surface area contributed by atoms with Crippen LogP contribution in [0.15, 0.2) is 30.3 Å². The van der Waals surface area contributed by atoms with Crippen LogP contribution in [0.1, 0.15) is 18.3 Å². The molecule has 2 atom stereocenters. The van der Waals surface area contributed by atoms with E-state index in [0.717, 1.165) is 0 Å². The highest BCUT2D eigenvalue weighted by Gasteiger charge is 2.31. The SMILES string of the molecule is CC(=O)NC(c1ccccc1)[P+](=O)O. The van der Waals surface area contributed by atoms with Gasteiger partial charge in [-0.3, -0.25) is 4.79 Å². The zero-order valence-corrected chi connectivity index (χ0v) is 8.57. The van der Waals surface area contributed by atoms with Gasteiger partial charge >= 0.3 is 8.03 Å².